The maximum absolute atomic E-state index is 12.8. The topological polar surface area (TPSA) is 3.01 Å². The van der Waals surface area contributed by atoms with Gasteiger partial charge in [0.1, 0.15) is 0 Å². The largest absolute Gasteiger partial charge is 0.297 e. The van der Waals surface area contributed by atoms with Crippen LogP contribution >= 0.6 is 0 Å². The van der Waals surface area contributed by atoms with Crippen LogP contribution in [0.4, 0.5) is 8.78 Å². The molecule has 3 heteroatoms. The van der Waals surface area contributed by atoms with Gasteiger partial charge in [0.15, 0.2) is 0 Å². The van der Waals surface area contributed by atoms with Crippen LogP contribution < -0.4 is 0 Å². The Morgan fingerprint density at radius 1 is 1.18 bits per heavy atom. The Balaban J connectivity index is 1.96. The van der Waals surface area contributed by atoms with Gasteiger partial charge in [-0.25, -0.2) is 8.78 Å². The van der Waals surface area contributed by atoms with E-state index in [1.807, 2.05) is 7.05 Å². The number of fused-ring (bicyclic) bond motifs is 1. The molecule has 1 saturated carbocycles. The van der Waals surface area contributed by atoms with Crippen molar-refractivity contribution in [3.8, 4) is 0 Å². The molecule has 2 rings (SSSR count). The molecule has 1 nitrogen and oxygen atoms in total. The van der Waals surface area contributed by atoms with Crippen molar-refractivity contribution in [2.75, 3.05) is 7.05 Å². The molecule has 2 aliphatic rings. The minimum atomic E-state index is -2.37. The fraction of sp³-hybridized carbons (Fsp3) is 1.00. The Morgan fingerprint density at radius 3 is 2.09 bits per heavy atom. The summed E-state index contributed by atoms with van der Waals surface area (Å²) in [6.45, 7) is 0. The van der Waals surface area contributed by atoms with Gasteiger partial charge >= 0.3 is 0 Å². The zero-order valence-corrected chi connectivity index (χ0v) is 6.69. The summed E-state index contributed by atoms with van der Waals surface area (Å²) in [7, 11) is 2.03. The lowest BCUT2D eigenvalue weighted by Gasteiger charge is -2.13. The predicted octanol–water partition coefficient (Wildman–Crippen LogP) is 1.88. The summed E-state index contributed by atoms with van der Waals surface area (Å²) in [5, 5.41) is 0. The lowest BCUT2D eigenvalue weighted by atomic mass is 10.1. The molecular formula is C8H13F2N. The molecule has 2 atom stereocenters. The van der Waals surface area contributed by atoms with E-state index in [1.54, 1.807) is 0 Å². The monoisotopic (exact) mass is 161 g/mol. The van der Waals surface area contributed by atoms with Gasteiger partial charge in [-0.1, -0.05) is 0 Å². The summed E-state index contributed by atoms with van der Waals surface area (Å²) in [6, 6.07) is 0.951. The van der Waals surface area contributed by atoms with Crippen LogP contribution in [0, 0.1) is 0 Å². The van der Waals surface area contributed by atoms with Gasteiger partial charge in [-0.2, -0.15) is 0 Å². The number of hydrogen-bond donors (Lipinski definition) is 0. The highest BCUT2D eigenvalue weighted by Crippen LogP contribution is 2.42. The van der Waals surface area contributed by atoms with Crippen LogP contribution in [0.5, 0.6) is 0 Å². The fourth-order valence-corrected chi connectivity index (χ4v) is 2.11. The maximum atomic E-state index is 12.8. The van der Waals surface area contributed by atoms with Gasteiger partial charge < -0.3 is 0 Å². The highest BCUT2D eigenvalue weighted by atomic mass is 19.3. The first-order chi connectivity index (χ1) is 5.10. The van der Waals surface area contributed by atoms with Gasteiger partial charge in [-0.3, -0.25) is 4.90 Å². The van der Waals surface area contributed by atoms with E-state index in [4.69, 9.17) is 0 Å². The Bertz CT molecular complexity index is 153. The molecule has 2 fully saturated rings. The number of rotatable bonds is 0. The second kappa shape index (κ2) is 2.16. The Hall–Kier alpha value is -0.180. The minimum Gasteiger partial charge on any atom is -0.297 e. The van der Waals surface area contributed by atoms with E-state index in [1.165, 1.54) is 0 Å². The average Bonchev–Trinajstić information content (AvgIpc) is 2.56. The Kier molecular flexibility index (Phi) is 1.46. The zero-order valence-electron chi connectivity index (χ0n) is 6.69. The van der Waals surface area contributed by atoms with Crippen molar-refractivity contribution in [1.82, 2.24) is 4.90 Å². The van der Waals surface area contributed by atoms with Crippen molar-refractivity contribution in [2.45, 2.75) is 43.7 Å². The summed E-state index contributed by atoms with van der Waals surface area (Å²) in [4.78, 5) is 2.20. The van der Waals surface area contributed by atoms with E-state index in [9.17, 15) is 8.78 Å². The molecular weight excluding hydrogens is 148 g/mol. The van der Waals surface area contributed by atoms with Crippen LogP contribution in [-0.2, 0) is 0 Å². The third-order valence-electron chi connectivity index (χ3n) is 3.01. The fourth-order valence-electron chi connectivity index (χ4n) is 2.11. The number of likely N-dealkylation sites (N-methyl/N-ethyl adjacent to an activating group) is 1. The van der Waals surface area contributed by atoms with E-state index >= 15 is 0 Å². The van der Waals surface area contributed by atoms with Crippen molar-refractivity contribution in [3.05, 3.63) is 0 Å². The summed E-state index contributed by atoms with van der Waals surface area (Å²) in [5.41, 5.74) is 0. The lowest BCUT2D eigenvalue weighted by Crippen LogP contribution is -2.16. The summed E-state index contributed by atoms with van der Waals surface area (Å²) in [6.07, 6.45) is 1.57. The minimum absolute atomic E-state index is 0.0957. The van der Waals surface area contributed by atoms with Gasteiger partial charge in [0, 0.05) is 24.9 Å². The van der Waals surface area contributed by atoms with Gasteiger partial charge in [-0.05, 0) is 19.9 Å². The van der Waals surface area contributed by atoms with E-state index < -0.39 is 5.92 Å². The third-order valence-corrected chi connectivity index (χ3v) is 3.01. The van der Waals surface area contributed by atoms with Crippen LogP contribution in [0.1, 0.15) is 25.7 Å². The molecule has 0 bridgehead atoms. The summed E-state index contributed by atoms with van der Waals surface area (Å²) in [5.74, 6) is -2.37. The first-order valence-corrected chi connectivity index (χ1v) is 4.20. The number of hydrogen-bond acceptors (Lipinski definition) is 1. The third kappa shape index (κ3) is 1.26. The molecule has 1 aliphatic heterocycles. The number of halogens is 2. The van der Waals surface area contributed by atoms with Crippen molar-refractivity contribution in [1.29, 1.82) is 0 Å². The molecule has 0 aromatic carbocycles. The van der Waals surface area contributed by atoms with Crippen LogP contribution in [0.2, 0.25) is 0 Å². The first kappa shape index (κ1) is 7.47. The van der Waals surface area contributed by atoms with Gasteiger partial charge in [0.25, 0.3) is 0 Å². The second-order valence-electron chi connectivity index (χ2n) is 3.73. The van der Waals surface area contributed by atoms with E-state index in [2.05, 4.69) is 4.90 Å². The second-order valence-corrected chi connectivity index (χ2v) is 3.73. The van der Waals surface area contributed by atoms with Crippen molar-refractivity contribution < 1.29 is 8.78 Å². The molecule has 0 N–H and O–H groups in total. The Labute approximate surface area is 65.4 Å². The molecule has 0 radical (unpaired) electrons. The molecule has 0 spiro atoms. The van der Waals surface area contributed by atoms with Gasteiger partial charge in [-0.15, -0.1) is 0 Å². The van der Waals surface area contributed by atoms with Crippen molar-refractivity contribution >= 4 is 0 Å². The Morgan fingerprint density at radius 2 is 1.64 bits per heavy atom. The average molecular weight is 161 g/mol. The molecule has 11 heavy (non-hydrogen) atoms. The van der Waals surface area contributed by atoms with E-state index in [-0.39, 0.29) is 12.8 Å². The highest BCUT2D eigenvalue weighted by molar-refractivity contribution is 5.02. The van der Waals surface area contributed by atoms with Gasteiger partial charge in [0.2, 0.25) is 5.92 Å². The highest BCUT2D eigenvalue weighted by Gasteiger charge is 2.49. The first-order valence-electron chi connectivity index (χ1n) is 4.20. The van der Waals surface area contributed by atoms with Crippen LogP contribution in [-0.4, -0.2) is 30.0 Å². The quantitative estimate of drug-likeness (QED) is 0.490. The van der Waals surface area contributed by atoms with Gasteiger partial charge in [0.05, 0.1) is 0 Å². The smallest absolute Gasteiger partial charge is 0.248 e. The summed E-state index contributed by atoms with van der Waals surface area (Å²) >= 11 is 0. The maximum Gasteiger partial charge on any atom is 0.248 e. The molecule has 64 valence electrons. The number of alkyl halides is 2. The standard InChI is InChI=1S/C8H13F2N/c1-11-6-2-4-8(9,10)5-3-7(6)11/h6-7H,2-5H2,1H3. The van der Waals surface area contributed by atoms with Crippen LogP contribution in [0.15, 0.2) is 0 Å². The number of nitrogens with zero attached hydrogens (tertiary/aromatic N) is 1. The van der Waals surface area contributed by atoms with Crippen LogP contribution in [0.25, 0.3) is 0 Å². The molecule has 0 aromatic rings. The molecule has 2 unspecified atom stereocenters. The van der Waals surface area contributed by atoms with E-state index in [0.29, 0.717) is 24.9 Å². The lowest BCUT2D eigenvalue weighted by molar-refractivity contribution is -0.0179. The van der Waals surface area contributed by atoms with Crippen molar-refractivity contribution in [3.63, 3.8) is 0 Å². The molecule has 1 heterocycles. The summed E-state index contributed by atoms with van der Waals surface area (Å²) < 4.78 is 25.5. The predicted molar refractivity (Wildman–Crippen MR) is 38.8 cm³/mol. The van der Waals surface area contributed by atoms with E-state index in [0.717, 1.165) is 0 Å². The van der Waals surface area contributed by atoms with Crippen molar-refractivity contribution in [2.24, 2.45) is 0 Å². The number of likely N-dealkylation sites (tertiary alicyclic amines) is 1. The molecule has 1 aliphatic carbocycles. The molecule has 1 saturated heterocycles. The molecule has 0 amide bonds. The zero-order chi connectivity index (χ0) is 8.06. The normalized spacial score (nSPS) is 47.7. The molecule has 0 aromatic heterocycles. The van der Waals surface area contributed by atoms with Crippen LogP contribution in [0.3, 0.4) is 0 Å². The SMILES string of the molecule is CN1C2CCC(F)(F)CCC21.